The number of amides is 2. The molecule has 0 bridgehead atoms. The average molecular weight is 295 g/mol. The third-order valence-electron chi connectivity index (χ3n) is 4.98. The molecule has 3 N–H and O–H groups in total. The van der Waals surface area contributed by atoms with Gasteiger partial charge in [0.15, 0.2) is 0 Å². The fraction of sp³-hybridized carbons (Fsp3) is 0.875. The molecule has 2 unspecified atom stereocenters. The maximum Gasteiger partial charge on any atom is 0.239 e. The van der Waals surface area contributed by atoms with Crippen molar-refractivity contribution in [3.05, 3.63) is 0 Å². The van der Waals surface area contributed by atoms with E-state index in [2.05, 4.69) is 5.32 Å². The van der Waals surface area contributed by atoms with Gasteiger partial charge in [0.25, 0.3) is 0 Å². The van der Waals surface area contributed by atoms with Crippen molar-refractivity contribution >= 4 is 11.8 Å². The Morgan fingerprint density at radius 1 is 1.19 bits per heavy atom. The van der Waals surface area contributed by atoms with E-state index in [-0.39, 0.29) is 17.7 Å². The maximum absolute atomic E-state index is 12.5. The minimum Gasteiger partial charge on any atom is -0.359 e. The van der Waals surface area contributed by atoms with Crippen LogP contribution in [-0.2, 0) is 9.59 Å². The molecule has 2 rings (SSSR count). The SMILES string of the molecule is CNC(=O)C1CCCN(C(=O)C(N)CC2CCCCC2)C1. The maximum atomic E-state index is 12.5. The highest BCUT2D eigenvalue weighted by Gasteiger charge is 2.31. The van der Waals surface area contributed by atoms with Crippen molar-refractivity contribution in [2.45, 2.75) is 57.4 Å². The molecule has 2 amide bonds. The van der Waals surface area contributed by atoms with Crippen LogP contribution in [0.1, 0.15) is 51.4 Å². The van der Waals surface area contributed by atoms with E-state index in [1.807, 2.05) is 0 Å². The summed E-state index contributed by atoms with van der Waals surface area (Å²) >= 11 is 0. The Balaban J connectivity index is 1.84. The quantitative estimate of drug-likeness (QED) is 0.820. The lowest BCUT2D eigenvalue weighted by atomic mass is 9.84. The van der Waals surface area contributed by atoms with E-state index in [9.17, 15) is 9.59 Å². The molecule has 1 aliphatic heterocycles. The predicted octanol–water partition coefficient (Wildman–Crippen LogP) is 1.27. The van der Waals surface area contributed by atoms with Gasteiger partial charge in [-0.2, -0.15) is 0 Å². The molecule has 0 aromatic heterocycles. The lowest BCUT2D eigenvalue weighted by Gasteiger charge is -2.34. The minimum absolute atomic E-state index is 0.0355. The molecule has 1 heterocycles. The van der Waals surface area contributed by atoms with Crippen molar-refractivity contribution in [1.29, 1.82) is 0 Å². The van der Waals surface area contributed by atoms with Crippen LogP contribution in [0.3, 0.4) is 0 Å². The number of nitrogens with two attached hydrogens (primary N) is 1. The van der Waals surface area contributed by atoms with Crippen LogP contribution in [0.25, 0.3) is 0 Å². The fourth-order valence-corrected chi connectivity index (χ4v) is 3.71. The molecule has 2 aliphatic rings. The van der Waals surface area contributed by atoms with Gasteiger partial charge in [-0.25, -0.2) is 0 Å². The first kappa shape index (κ1) is 16.3. The van der Waals surface area contributed by atoms with Crippen LogP contribution in [0.15, 0.2) is 0 Å². The monoisotopic (exact) mass is 295 g/mol. The summed E-state index contributed by atoms with van der Waals surface area (Å²) in [4.78, 5) is 26.0. The van der Waals surface area contributed by atoms with E-state index < -0.39 is 6.04 Å². The molecule has 0 radical (unpaired) electrons. The van der Waals surface area contributed by atoms with Crippen LogP contribution in [0, 0.1) is 11.8 Å². The number of likely N-dealkylation sites (tertiary alicyclic amines) is 1. The molecule has 0 spiro atoms. The van der Waals surface area contributed by atoms with Gasteiger partial charge in [0.05, 0.1) is 12.0 Å². The van der Waals surface area contributed by atoms with Gasteiger partial charge in [-0.05, 0) is 25.2 Å². The first-order valence-electron chi connectivity index (χ1n) is 8.37. The van der Waals surface area contributed by atoms with E-state index in [1.165, 1.54) is 32.1 Å². The summed E-state index contributed by atoms with van der Waals surface area (Å²) < 4.78 is 0. The number of carbonyl (C=O) groups excluding carboxylic acids is 2. The number of rotatable bonds is 4. The van der Waals surface area contributed by atoms with Crippen molar-refractivity contribution < 1.29 is 9.59 Å². The van der Waals surface area contributed by atoms with Gasteiger partial charge in [-0.15, -0.1) is 0 Å². The first-order valence-corrected chi connectivity index (χ1v) is 8.37. The average Bonchev–Trinajstić information content (AvgIpc) is 2.54. The highest BCUT2D eigenvalue weighted by atomic mass is 16.2. The summed E-state index contributed by atoms with van der Waals surface area (Å²) in [6.07, 6.45) is 8.84. The Morgan fingerprint density at radius 2 is 1.90 bits per heavy atom. The van der Waals surface area contributed by atoms with E-state index in [1.54, 1.807) is 11.9 Å². The second kappa shape index (κ2) is 7.78. The fourth-order valence-electron chi connectivity index (χ4n) is 3.71. The molecule has 5 heteroatoms. The lowest BCUT2D eigenvalue weighted by molar-refractivity contribution is -0.137. The van der Waals surface area contributed by atoms with Gasteiger partial charge in [-0.3, -0.25) is 9.59 Å². The molecule has 1 saturated carbocycles. The topological polar surface area (TPSA) is 75.4 Å². The van der Waals surface area contributed by atoms with Crippen LogP contribution >= 0.6 is 0 Å². The van der Waals surface area contributed by atoms with Crippen LogP contribution in [-0.4, -0.2) is 42.9 Å². The number of nitrogens with zero attached hydrogens (tertiary/aromatic N) is 1. The number of nitrogens with one attached hydrogen (secondary N) is 1. The van der Waals surface area contributed by atoms with E-state index in [4.69, 9.17) is 5.73 Å². The Bertz CT molecular complexity index is 367. The summed E-state index contributed by atoms with van der Waals surface area (Å²) in [5.41, 5.74) is 6.14. The van der Waals surface area contributed by atoms with E-state index >= 15 is 0 Å². The molecular formula is C16H29N3O2. The number of carbonyl (C=O) groups is 2. The molecule has 2 fully saturated rings. The van der Waals surface area contributed by atoms with Crippen LogP contribution in [0.5, 0.6) is 0 Å². The number of piperidine rings is 1. The highest BCUT2D eigenvalue weighted by Crippen LogP contribution is 2.27. The molecule has 0 aromatic rings. The van der Waals surface area contributed by atoms with Crippen LogP contribution in [0.4, 0.5) is 0 Å². The van der Waals surface area contributed by atoms with Crippen LogP contribution in [0.2, 0.25) is 0 Å². The van der Waals surface area contributed by atoms with E-state index in [0.29, 0.717) is 12.5 Å². The third kappa shape index (κ3) is 4.43. The molecule has 5 nitrogen and oxygen atoms in total. The van der Waals surface area contributed by atoms with E-state index in [0.717, 1.165) is 25.8 Å². The van der Waals surface area contributed by atoms with Gasteiger partial charge in [0.2, 0.25) is 11.8 Å². The Kier molecular flexibility index (Phi) is 6.03. The summed E-state index contributed by atoms with van der Waals surface area (Å²) in [6, 6.07) is -0.392. The summed E-state index contributed by atoms with van der Waals surface area (Å²) in [6.45, 7) is 1.27. The summed E-state index contributed by atoms with van der Waals surface area (Å²) in [7, 11) is 1.65. The molecule has 1 saturated heterocycles. The highest BCUT2D eigenvalue weighted by molar-refractivity contribution is 5.83. The van der Waals surface area contributed by atoms with Crippen molar-refractivity contribution in [2.24, 2.45) is 17.6 Å². The third-order valence-corrected chi connectivity index (χ3v) is 4.98. The normalized spacial score (nSPS) is 25.4. The zero-order valence-electron chi connectivity index (χ0n) is 13.1. The molecule has 120 valence electrons. The smallest absolute Gasteiger partial charge is 0.239 e. The van der Waals surface area contributed by atoms with Crippen molar-refractivity contribution in [3.63, 3.8) is 0 Å². The van der Waals surface area contributed by atoms with Crippen molar-refractivity contribution in [1.82, 2.24) is 10.2 Å². The molecule has 1 aliphatic carbocycles. The second-order valence-electron chi connectivity index (χ2n) is 6.58. The first-order chi connectivity index (χ1) is 10.1. The van der Waals surface area contributed by atoms with Gasteiger partial charge in [0, 0.05) is 20.1 Å². The number of hydrogen-bond acceptors (Lipinski definition) is 3. The zero-order chi connectivity index (χ0) is 15.2. The van der Waals surface area contributed by atoms with Gasteiger partial charge < -0.3 is 16.0 Å². The second-order valence-corrected chi connectivity index (χ2v) is 6.58. The minimum atomic E-state index is -0.392. The Hall–Kier alpha value is -1.10. The molecule has 0 aromatic carbocycles. The molecule has 21 heavy (non-hydrogen) atoms. The largest absolute Gasteiger partial charge is 0.359 e. The lowest BCUT2D eigenvalue weighted by Crippen LogP contribution is -2.50. The van der Waals surface area contributed by atoms with Crippen molar-refractivity contribution in [2.75, 3.05) is 20.1 Å². The molecular weight excluding hydrogens is 266 g/mol. The number of hydrogen-bond donors (Lipinski definition) is 2. The summed E-state index contributed by atoms with van der Waals surface area (Å²) in [5.74, 6) is 0.606. The Morgan fingerprint density at radius 3 is 2.57 bits per heavy atom. The Labute approximate surface area is 127 Å². The van der Waals surface area contributed by atoms with Gasteiger partial charge in [0.1, 0.15) is 0 Å². The zero-order valence-corrected chi connectivity index (χ0v) is 13.1. The summed E-state index contributed by atoms with van der Waals surface area (Å²) in [5, 5.41) is 2.68. The van der Waals surface area contributed by atoms with Gasteiger partial charge >= 0.3 is 0 Å². The van der Waals surface area contributed by atoms with Crippen molar-refractivity contribution in [3.8, 4) is 0 Å². The molecule has 2 atom stereocenters. The van der Waals surface area contributed by atoms with Crippen LogP contribution < -0.4 is 11.1 Å². The predicted molar refractivity (Wildman–Crippen MR) is 82.5 cm³/mol. The van der Waals surface area contributed by atoms with Gasteiger partial charge in [-0.1, -0.05) is 32.1 Å². The standard InChI is InChI=1S/C16H29N3O2/c1-18-15(20)13-8-5-9-19(11-13)16(21)14(17)10-12-6-3-2-4-7-12/h12-14H,2-11,17H2,1H3,(H,18,20).